The summed E-state index contributed by atoms with van der Waals surface area (Å²) in [5, 5.41) is 1.78. The summed E-state index contributed by atoms with van der Waals surface area (Å²) in [7, 11) is 0. The second-order valence-corrected chi connectivity index (χ2v) is 6.77. The van der Waals surface area contributed by atoms with Crippen LogP contribution in [0.4, 0.5) is 5.69 Å². The average molecular weight is 374 g/mol. The number of pyridine rings is 1. The van der Waals surface area contributed by atoms with Crippen molar-refractivity contribution in [1.82, 2.24) is 14.5 Å². The van der Waals surface area contributed by atoms with Crippen molar-refractivity contribution in [2.45, 2.75) is 18.6 Å². The molecule has 0 amide bonds. The molecule has 0 aliphatic heterocycles. The number of benzene rings is 2. The molecule has 0 aliphatic rings. The molecule has 134 valence electrons. The van der Waals surface area contributed by atoms with Gasteiger partial charge >= 0.3 is 0 Å². The Morgan fingerprint density at radius 2 is 1.89 bits per heavy atom. The van der Waals surface area contributed by atoms with Crippen LogP contribution in [0.3, 0.4) is 0 Å². The van der Waals surface area contributed by atoms with Crippen LogP contribution >= 0.6 is 11.9 Å². The highest BCUT2D eigenvalue weighted by Crippen LogP contribution is 2.29. The van der Waals surface area contributed by atoms with Gasteiger partial charge in [-0.15, -0.1) is 0 Å². The predicted molar refractivity (Wildman–Crippen MR) is 109 cm³/mol. The lowest BCUT2D eigenvalue weighted by atomic mass is 10.0. The molecule has 4 aromatic rings. The molecule has 4 rings (SSSR count). The molecule has 0 fully saturated rings. The Morgan fingerprint density at radius 1 is 1.04 bits per heavy atom. The van der Waals surface area contributed by atoms with Crippen molar-refractivity contribution in [1.29, 1.82) is 0 Å². The first kappa shape index (κ1) is 17.3. The molecule has 2 heterocycles. The van der Waals surface area contributed by atoms with Crippen LogP contribution in [-0.4, -0.2) is 20.3 Å². The molecule has 1 N–H and O–H groups in total. The average Bonchev–Trinajstić information content (AvgIpc) is 3.19. The third-order valence-corrected chi connectivity index (χ3v) is 5.12. The molecular formula is C21H18N4OS. The lowest BCUT2D eigenvalue weighted by molar-refractivity contribution is 0.103. The standard InChI is InChI=1S/C21H18N4OS/c1-2-25-12-11-23-21(25)27-24-18-14-17(13-16-9-6-10-22-19(16)18)20(26)15-7-4-3-5-8-15/h3-14,24H,2H2,1H3. The van der Waals surface area contributed by atoms with Crippen LogP contribution in [0.1, 0.15) is 22.8 Å². The van der Waals surface area contributed by atoms with Gasteiger partial charge in [0.05, 0.1) is 11.2 Å². The van der Waals surface area contributed by atoms with Crippen molar-refractivity contribution in [2.24, 2.45) is 0 Å². The SMILES string of the molecule is CCn1ccnc1SNc1cc(C(=O)c2ccccc2)cc2cccnc12. The first-order valence-corrected chi connectivity index (χ1v) is 9.50. The van der Waals surface area contributed by atoms with Gasteiger partial charge in [-0.1, -0.05) is 36.4 Å². The largest absolute Gasteiger partial charge is 0.325 e. The number of carbonyl (C=O) groups excluding carboxylic acids is 1. The van der Waals surface area contributed by atoms with Gasteiger partial charge in [0, 0.05) is 53.6 Å². The van der Waals surface area contributed by atoms with Crippen molar-refractivity contribution < 1.29 is 4.79 Å². The van der Waals surface area contributed by atoms with Crippen LogP contribution in [0.15, 0.2) is 78.3 Å². The minimum atomic E-state index is -0.00976. The van der Waals surface area contributed by atoms with E-state index in [1.54, 1.807) is 12.4 Å². The summed E-state index contributed by atoms with van der Waals surface area (Å²) < 4.78 is 5.38. The number of carbonyl (C=O) groups is 1. The molecule has 0 saturated heterocycles. The highest BCUT2D eigenvalue weighted by Gasteiger charge is 2.13. The molecular weight excluding hydrogens is 356 g/mol. The summed E-state index contributed by atoms with van der Waals surface area (Å²) in [6.07, 6.45) is 5.47. The topological polar surface area (TPSA) is 59.8 Å². The monoisotopic (exact) mass is 374 g/mol. The summed E-state index contributed by atoms with van der Waals surface area (Å²) in [4.78, 5) is 21.8. The summed E-state index contributed by atoms with van der Waals surface area (Å²) in [6.45, 7) is 2.91. The molecule has 0 spiro atoms. The number of anilines is 1. The number of rotatable bonds is 6. The number of aryl methyl sites for hydroxylation is 1. The highest BCUT2D eigenvalue weighted by molar-refractivity contribution is 8.00. The fourth-order valence-corrected chi connectivity index (χ4v) is 3.68. The normalized spacial score (nSPS) is 10.9. The van der Waals surface area contributed by atoms with Gasteiger partial charge in [-0.25, -0.2) is 4.98 Å². The Kier molecular flexibility index (Phi) is 4.89. The summed E-state index contributed by atoms with van der Waals surface area (Å²) in [6, 6.07) is 16.9. The summed E-state index contributed by atoms with van der Waals surface area (Å²) in [5.41, 5.74) is 2.91. The third-order valence-electron chi connectivity index (χ3n) is 4.27. The molecule has 0 bridgehead atoms. The fraction of sp³-hybridized carbons (Fsp3) is 0.0952. The molecule has 2 aromatic heterocycles. The van der Waals surface area contributed by atoms with E-state index in [9.17, 15) is 4.79 Å². The lowest BCUT2D eigenvalue weighted by Gasteiger charge is -2.11. The van der Waals surface area contributed by atoms with E-state index in [0.29, 0.717) is 11.1 Å². The molecule has 0 atom stereocenters. The van der Waals surface area contributed by atoms with Crippen LogP contribution in [0, 0.1) is 0 Å². The van der Waals surface area contributed by atoms with E-state index >= 15 is 0 Å². The van der Waals surface area contributed by atoms with Gasteiger partial charge < -0.3 is 9.29 Å². The van der Waals surface area contributed by atoms with E-state index in [0.717, 1.165) is 28.3 Å². The Labute approximate surface area is 161 Å². The highest BCUT2D eigenvalue weighted by atomic mass is 32.2. The number of hydrogen-bond acceptors (Lipinski definition) is 5. The number of hydrogen-bond donors (Lipinski definition) is 1. The zero-order valence-electron chi connectivity index (χ0n) is 14.8. The van der Waals surface area contributed by atoms with Crippen molar-refractivity contribution in [2.75, 3.05) is 4.72 Å². The molecule has 27 heavy (non-hydrogen) atoms. The summed E-state index contributed by atoms with van der Waals surface area (Å²) in [5.74, 6) is -0.00976. The van der Waals surface area contributed by atoms with Crippen molar-refractivity contribution >= 4 is 34.3 Å². The molecule has 0 radical (unpaired) electrons. The van der Waals surface area contributed by atoms with Gasteiger partial charge in [0.15, 0.2) is 10.9 Å². The zero-order chi connectivity index (χ0) is 18.6. The second kappa shape index (κ2) is 7.63. The summed E-state index contributed by atoms with van der Waals surface area (Å²) >= 11 is 1.41. The number of imidazole rings is 1. The van der Waals surface area contributed by atoms with E-state index < -0.39 is 0 Å². The third kappa shape index (κ3) is 3.57. The van der Waals surface area contributed by atoms with Crippen molar-refractivity contribution in [3.05, 3.63) is 84.3 Å². The zero-order valence-corrected chi connectivity index (χ0v) is 15.6. The Bertz CT molecular complexity index is 1090. The van der Waals surface area contributed by atoms with E-state index in [1.165, 1.54) is 11.9 Å². The molecule has 2 aromatic carbocycles. The first-order chi connectivity index (χ1) is 13.3. The van der Waals surface area contributed by atoms with Gasteiger partial charge in [0.2, 0.25) is 0 Å². The van der Waals surface area contributed by atoms with E-state index in [-0.39, 0.29) is 5.78 Å². The molecule has 0 saturated carbocycles. The van der Waals surface area contributed by atoms with E-state index in [2.05, 4.69) is 21.6 Å². The van der Waals surface area contributed by atoms with Gasteiger partial charge in [0.25, 0.3) is 0 Å². The maximum atomic E-state index is 12.9. The first-order valence-electron chi connectivity index (χ1n) is 8.69. The number of ketones is 1. The number of fused-ring (bicyclic) bond motifs is 1. The Morgan fingerprint density at radius 3 is 2.70 bits per heavy atom. The molecule has 0 unspecified atom stereocenters. The van der Waals surface area contributed by atoms with Crippen LogP contribution < -0.4 is 4.72 Å². The van der Waals surface area contributed by atoms with Crippen molar-refractivity contribution in [3.8, 4) is 0 Å². The van der Waals surface area contributed by atoms with Crippen molar-refractivity contribution in [3.63, 3.8) is 0 Å². The molecule has 0 aliphatic carbocycles. The minimum absolute atomic E-state index is 0.00976. The number of aromatic nitrogens is 3. The van der Waals surface area contributed by atoms with E-state index in [4.69, 9.17) is 0 Å². The fourth-order valence-electron chi connectivity index (χ4n) is 2.90. The maximum absolute atomic E-state index is 12.9. The molecule has 5 nitrogen and oxygen atoms in total. The van der Waals surface area contributed by atoms with Crippen LogP contribution in [0.25, 0.3) is 10.9 Å². The lowest BCUT2D eigenvalue weighted by Crippen LogP contribution is -2.03. The quantitative estimate of drug-likeness (QED) is 0.388. The molecule has 6 heteroatoms. The minimum Gasteiger partial charge on any atom is -0.325 e. The number of nitrogens with zero attached hydrogens (tertiary/aromatic N) is 3. The van der Waals surface area contributed by atoms with Gasteiger partial charge in [-0.3, -0.25) is 9.78 Å². The number of nitrogens with one attached hydrogen (secondary N) is 1. The van der Waals surface area contributed by atoms with Gasteiger partial charge in [-0.2, -0.15) is 0 Å². The van der Waals surface area contributed by atoms with E-state index in [1.807, 2.05) is 65.4 Å². The Balaban J connectivity index is 1.71. The van der Waals surface area contributed by atoms with Crippen LogP contribution in [-0.2, 0) is 6.54 Å². The second-order valence-electron chi connectivity index (χ2n) is 5.99. The van der Waals surface area contributed by atoms with Gasteiger partial charge in [0.1, 0.15) is 0 Å². The van der Waals surface area contributed by atoms with Crippen LogP contribution in [0.2, 0.25) is 0 Å². The van der Waals surface area contributed by atoms with Crippen LogP contribution in [0.5, 0.6) is 0 Å². The van der Waals surface area contributed by atoms with Gasteiger partial charge in [-0.05, 0) is 25.1 Å². The predicted octanol–water partition coefficient (Wildman–Crippen LogP) is 4.80. The maximum Gasteiger partial charge on any atom is 0.193 e. The Hall–Kier alpha value is -3.12. The smallest absolute Gasteiger partial charge is 0.193 e.